The van der Waals surface area contributed by atoms with Gasteiger partial charge < -0.3 is 0 Å². The van der Waals surface area contributed by atoms with Gasteiger partial charge in [0.1, 0.15) is 0 Å². The molecule has 0 spiro atoms. The van der Waals surface area contributed by atoms with E-state index in [1.165, 1.54) is 69.2 Å². The van der Waals surface area contributed by atoms with Crippen LogP contribution in [0.15, 0.2) is 16.4 Å². The van der Waals surface area contributed by atoms with Crippen LogP contribution >= 0.6 is 0 Å². The SMILES string of the molecule is CCCCC(C)C1CCCC2C(C)=NNC(C(C)CC)=C2CC1. The molecule has 23 heavy (non-hydrogen) atoms. The van der Waals surface area contributed by atoms with Gasteiger partial charge in [-0.15, -0.1) is 0 Å². The summed E-state index contributed by atoms with van der Waals surface area (Å²) >= 11 is 0. The highest BCUT2D eigenvalue weighted by Crippen LogP contribution is 2.39. The quantitative estimate of drug-likeness (QED) is 0.611. The minimum atomic E-state index is 0.611. The van der Waals surface area contributed by atoms with Crippen LogP contribution in [-0.2, 0) is 0 Å². The Kier molecular flexibility index (Phi) is 7.17. The van der Waals surface area contributed by atoms with E-state index >= 15 is 0 Å². The predicted octanol–water partition coefficient (Wildman–Crippen LogP) is 6.29. The zero-order chi connectivity index (χ0) is 16.8. The van der Waals surface area contributed by atoms with Crippen LogP contribution in [0.1, 0.15) is 92.4 Å². The minimum absolute atomic E-state index is 0.611. The maximum absolute atomic E-state index is 4.64. The number of hydrogen-bond donors (Lipinski definition) is 1. The second-order valence-corrected chi connectivity index (χ2v) is 8.01. The Bertz CT molecular complexity index is 435. The number of hydrazone groups is 1. The molecular formula is C21H38N2. The Morgan fingerprint density at radius 2 is 1.96 bits per heavy atom. The van der Waals surface area contributed by atoms with Gasteiger partial charge in [0, 0.05) is 17.3 Å². The van der Waals surface area contributed by atoms with Crippen molar-refractivity contribution in [2.45, 2.75) is 92.4 Å². The molecule has 2 heteroatoms. The summed E-state index contributed by atoms with van der Waals surface area (Å²) in [4.78, 5) is 0. The van der Waals surface area contributed by atoms with Crippen molar-refractivity contribution in [3.8, 4) is 0 Å². The van der Waals surface area contributed by atoms with Crippen molar-refractivity contribution in [2.24, 2.45) is 28.8 Å². The third-order valence-corrected chi connectivity index (χ3v) is 6.40. The maximum Gasteiger partial charge on any atom is 0.0423 e. The van der Waals surface area contributed by atoms with E-state index in [1.807, 2.05) is 0 Å². The van der Waals surface area contributed by atoms with Crippen molar-refractivity contribution in [3.05, 3.63) is 11.3 Å². The van der Waals surface area contributed by atoms with Gasteiger partial charge in [-0.25, -0.2) is 0 Å². The third kappa shape index (κ3) is 4.61. The first-order valence-corrected chi connectivity index (χ1v) is 10.1. The highest BCUT2D eigenvalue weighted by molar-refractivity contribution is 5.87. The molecule has 4 atom stereocenters. The van der Waals surface area contributed by atoms with E-state index in [9.17, 15) is 0 Å². The van der Waals surface area contributed by atoms with E-state index in [0.29, 0.717) is 11.8 Å². The zero-order valence-corrected chi connectivity index (χ0v) is 16.1. The number of nitrogens with zero attached hydrogens (tertiary/aromatic N) is 1. The number of nitrogens with one attached hydrogen (secondary N) is 1. The molecular weight excluding hydrogens is 280 g/mol. The van der Waals surface area contributed by atoms with Crippen molar-refractivity contribution in [3.63, 3.8) is 0 Å². The van der Waals surface area contributed by atoms with E-state index in [4.69, 9.17) is 0 Å². The lowest BCUT2D eigenvalue weighted by atomic mass is 9.74. The molecule has 0 radical (unpaired) electrons. The molecule has 0 bridgehead atoms. The normalized spacial score (nSPS) is 28.1. The Morgan fingerprint density at radius 3 is 2.65 bits per heavy atom. The van der Waals surface area contributed by atoms with Gasteiger partial charge in [0.2, 0.25) is 0 Å². The fourth-order valence-corrected chi connectivity index (χ4v) is 4.46. The van der Waals surface area contributed by atoms with Crippen LogP contribution in [0.5, 0.6) is 0 Å². The molecule has 4 unspecified atom stereocenters. The van der Waals surface area contributed by atoms with Crippen LogP contribution in [0.3, 0.4) is 0 Å². The Morgan fingerprint density at radius 1 is 1.17 bits per heavy atom. The van der Waals surface area contributed by atoms with Gasteiger partial charge in [-0.05, 0) is 55.9 Å². The van der Waals surface area contributed by atoms with Gasteiger partial charge in [-0.1, -0.05) is 59.8 Å². The molecule has 0 aromatic carbocycles. The van der Waals surface area contributed by atoms with Crippen molar-refractivity contribution in [2.75, 3.05) is 0 Å². The molecule has 2 rings (SSSR count). The molecule has 132 valence electrons. The summed E-state index contributed by atoms with van der Waals surface area (Å²) in [7, 11) is 0. The molecule has 1 fully saturated rings. The van der Waals surface area contributed by atoms with Gasteiger partial charge in [-0.3, -0.25) is 5.43 Å². The lowest BCUT2D eigenvalue weighted by Gasteiger charge is -2.35. The standard InChI is InChI=1S/C21H38N2/c1-6-8-10-16(4)18-11-9-12-19-17(5)22-23-21(15(3)7-2)20(19)14-13-18/h15-16,18-19,23H,6-14H2,1-5H3. The molecule has 2 nitrogen and oxygen atoms in total. The topological polar surface area (TPSA) is 24.4 Å². The fourth-order valence-electron chi connectivity index (χ4n) is 4.46. The number of fused-ring (bicyclic) bond motifs is 1. The third-order valence-electron chi connectivity index (χ3n) is 6.40. The molecule has 0 aromatic heterocycles. The summed E-state index contributed by atoms with van der Waals surface area (Å²) in [5, 5.41) is 4.64. The van der Waals surface area contributed by atoms with Crippen molar-refractivity contribution < 1.29 is 0 Å². The summed E-state index contributed by atoms with van der Waals surface area (Å²) in [6.45, 7) is 11.7. The van der Waals surface area contributed by atoms with Gasteiger partial charge >= 0.3 is 0 Å². The number of allylic oxidation sites excluding steroid dienone is 2. The summed E-state index contributed by atoms with van der Waals surface area (Å²) in [5.74, 6) is 3.05. The lowest BCUT2D eigenvalue weighted by Crippen LogP contribution is -2.31. The smallest absolute Gasteiger partial charge is 0.0423 e. The predicted molar refractivity (Wildman–Crippen MR) is 101 cm³/mol. The van der Waals surface area contributed by atoms with Crippen molar-refractivity contribution in [1.29, 1.82) is 0 Å². The molecule has 1 heterocycles. The van der Waals surface area contributed by atoms with Crippen LogP contribution in [0.4, 0.5) is 0 Å². The summed E-state index contributed by atoms with van der Waals surface area (Å²) in [6.07, 6.45) is 12.1. The van der Waals surface area contributed by atoms with Crippen molar-refractivity contribution in [1.82, 2.24) is 5.43 Å². The summed E-state index contributed by atoms with van der Waals surface area (Å²) in [6, 6.07) is 0. The monoisotopic (exact) mass is 318 g/mol. The number of rotatable bonds is 6. The molecule has 2 aliphatic rings. The summed E-state index contributed by atoms with van der Waals surface area (Å²) in [5.41, 5.74) is 7.87. The highest BCUT2D eigenvalue weighted by atomic mass is 15.3. The first kappa shape index (κ1) is 18.5. The van der Waals surface area contributed by atoms with Crippen LogP contribution in [0.25, 0.3) is 0 Å². The largest absolute Gasteiger partial charge is 0.282 e. The fraction of sp³-hybridized carbons (Fsp3) is 0.857. The lowest BCUT2D eigenvalue weighted by molar-refractivity contribution is 0.270. The van der Waals surface area contributed by atoms with Gasteiger partial charge in [0.05, 0.1) is 0 Å². The maximum atomic E-state index is 4.64. The first-order valence-electron chi connectivity index (χ1n) is 10.1. The first-order chi connectivity index (χ1) is 11.1. The van der Waals surface area contributed by atoms with Gasteiger partial charge in [-0.2, -0.15) is 5.10 Å². The number of hydrogen-bond acceptors (Lipinski definition) is 2. The second kappa shape index (κ2) is 8.89. The summed E-state index contributed by atoms with van der Waals surface area (Å²) < 4.78 is 0. The molecule has 1 aliphatic heterocycles. The van der Waals surface area contributed by atoms with Crippen LogP contribution in [0.2, 0.25) is 0 Å². The van der Waals surface area contributed by atoms with Crippen LogP contribution in [0, 0.1) is 23.7 Å². The highest BCUT2D eigenvalue weighted by Gasteiger charge is 2.30. The molecule has 0 amide bonds. The van der Waals surface area contributed by atoms with E-state index in [2.05, 4.69) is 45.1 Å². The number of unbranched alkanes of at least 4 members (excludes halogenated alkanes) is 1. The van der Waals surface area contributed by atoms with E-state index in [0.717, 1.165) is 11.8 Å². The van der Waals surface area contributed by atoms with E-state index in [1.54, 1.807) is 5.57 Å². The van der Waals surface area contributed by atoms with E-state index < -0.39 is 0 Å². The van der Waals surface area contributed by atoms with Gasteiger partial charge in [0.15, 0.2) is 0 Å². The molecule has 0 aromatic rings. The Labute approximate surface area is 144 Å². The van der Waals surface area contributed by atoms with Crippen molar-refractivity contribution >= 4 is 5.71 Å². The molecule has 1 N–H and O–H groups in total. The van der Waals surface area contributed by atoms with E-state index in [-0.39, 0.29) is 0 Å². The average Bonchev–Trinajstić information content (AvgIpc) is 2.53. The average molecular weight is 319 g/mol. The van der Waals surface area contributed by atoms with Gasteiger partial charge in [0.25, 0.3) is 0 Å². The molecule has 1 aliphatic carbocycles. The second-order valence-electron chi connectivity index (χ2n) is 8.01. The zero-order valence-electron chi connectivity index (χ0n) is 16.1. The Hall–Kier alpha value is -0.790. The van der Waals surface area contributed by atoms with Crippen LogP contribution in [-0.4, -0.2) is 5.71 Å². The minimum Gasteiger partial charge on any atom is -0.282 e. The Balaban J connectivity index is 2.12. The molecule has 1 saturated carbocycles. The van der Waals surface area contributed by atoms with Crippen LogP contribution < -0.4 is 5.43 Å². The molecule has 0 saturated heterocycles.